The average Bonchev–Trinajstić information content (AvgIpc) is 3.90. The molecule has 5 aromatic rings. The van der Waals surface area contributed by atoms with E-state index >= 15 is 0 Å². The number of aromatic hydroxyl groups is 1. The number of rotatable bonds is 11. The zero-order valence-electron chi connectivity index (χ0n) is 29.1. The summed E-state index contributed by atoms with van der Waals surface area (Å²) in [7, 11) is -2.49. The van der Waals surface area contributed by atoms with Crippen LogP contribution in [-0.2, 0) is 23.5 Å². The van der Waals surface area contributed by atoms with Gasteiger partial charge in [-0.25, -0.2) is 28.1 Å². The van der Waals surface area contributed by atoms with Crippen molar-refractivity contribution in [3.05, 3.63) is 83.2 Å². The van der Waals surface area contributed by atoms with Crippen LogP contribution in [0, 0.1) is 0 Å². The number of aromatic nitrogens is 6. The van der Waals surface area contributed by atoms with Gasteiger partial charge in [-0.15, -0.1) is 0 Å². The summed E-state index contributed by atoms with van der Waals surface area (Å²) in [5.41, 5.74) is 1.33. The van der Waals surface area contributed by atoms with Crippen LogP contribution < -0.4 is 31.7 Å². The average molecular weight is 764 g/mol. The molecule has 19 nitrogen and oxygen atoms in total. The number of aliphatic hydroxyl groups is 3. The number of aliphatic hydroxyl groups excluding tert-OH is 3. The Hall–Kier alpha value is -5.54. The molecule has 1 aliphatic carbocycles. The lowest BCUT2D eigenvalue weighted by molar-refractivity contribution is 0.00756. The second-order valence-electron chi connectivity index (χ2n) is 13.6. The molecule has 0 spiro atoms. The number of fused-ring (bicyclic) bond motifs is 1. The van der Waals surface area contributed by atoms with Crippen LogP contribution in [-0.4, -0.2) is 108 Å². The predicted octanol–water partition coefficient (Wildman–Crippen LogP) is 0.00330. The lowest BCUT2D eigenvalue weighted by Crippen LogP contribution is -2.40. The lowest BCUT2D eigenvalue weighted by Gasteiger charge is -2.22. The zero-order valence-corrected chi connectivity index (χ0v) is 29.9. The second kappa shape index (κ2) is 14.7. The van der Waals surface area contributed by atoms with Gasteiger partial charge in [0.1, 0.15) is 12.2 Å². The zero-order chi connectivity index (χ0) is 38.3. The number of benzene rings is 2. The van der Waals surface area contributed by atoms with Crippen LogP contribution in [0.15, 0.2) is 76.8 Å². The van der Waals surface area contributed by atoms with Crippen molar-refractivity contribution < 1.29 is 33.6 Å². The number of nitrogens with one attached hydrogen (secondary N) is 3. The van der Waals surface area contributed by atoms with E-state index in [0.717, 1.165) is 10.1 Å². The van der Waals surface area contributed by atoms with E-state index < -0.39 is 52.1 Å². The molecule has 6 atom stereocenters. The van der Waals surface area contributed by atoms with E-state index in [4.69, 9.17) is 15.1 Å². The summed E-state index contributed by atoms with van der Waals surface area (Å²) in [6, 6.07) is 12.1. The maximum atomic E-state index is 12.9. The van der Waals surface area contributed by atoms with E-state index in [9.17, 15) is 38.4 Å². The van der Waals surface area contributed by atoms with Crippen molar-refractivity contribution in [3.8, 4) is 5.88 Å². The largest absolute Gasteiger partial charge is 0.493 e. The number of carbonyl (C=O) groups is 1. The number of carbonyl (C=O) groups excluding carboxylic acids is 1. The number of primary sulfonamides is 1. The molecule has 2 fully saturated rings. The Morgan fingerprint density at radius 3 is 2.54 bits per heavy atom. The summed E-state index contributed by atoms with van der Waals surface area (Å²) >= 11 is 0. The van der Waals surface area contributed by atoms with Crippen molar-refractivity contribution in [2.75, 3.05) is 35.2 Å². The molecule has 2 aliphatic rings. The molecule has 1 saturated heterocycles. The quantitative estimate of drug-likeness (QED) is 0.0882. The SMILES string of the molecule is Cn1cc(O)n([C@H]2C[C@@H](n3cnc4c(N[C@H](CO)Cc5ccccc5)nc(N5CC[C@@H](NC(=O)Nc6cccc(S(N)(=O)=O)c6)C5)nc43)[C@H](O)[C@@H]2O)c1=O. The highest BCUT2D eigenvalue weighted by Gasteiger charge is 2.46. The number of nitrogens with zero attached hydrogens (tertiary/aromatic N) is 7. The Kier molecular flexibility index (Phi) is 10.0. The van der Waals surface area contributed by atoms with Crippen molar-refractivity contribution in [1.29, 1.82) is 0 Å². The summed E-state index contributed by atoms with van der Waals surface area (Å²) < 4.78 is 27.4. The predicted molar refractivity (Wildman–Crippen MR) is 197 cm³/mol. The maximum absolute atomic E-state index is 12.9. The normalized spacial score (nSPS) is 22.1. The molecule has 4 heterocycles. The van der Waals surface area contributed by atoms with Gasteiger partial charge in [-0.2, -0.15) is 9.97 Å². The molecule has 1 aliphatic heterocycles. The van der Waals surface area contributed by atoms with Crippen LogP contribution in [0.5, 0.6) is 5.88 Å². The number of sulfonamides is 1. The van der Waals surface area contributed by atoms with E-state index in [-0.39, 0.29) is 41.5 Å². The Morgan fingerprint density at radius 2 is 1.83 bits per heavy atom. The third-order valence-corrected chi connectivity index (χ3v) is 10.8. The highest BCUT2D eigenvalue weighted by molar-refractivity contribution is 7.89. The molecule has 0 unspecified atom stereocenters. The number of anilines is 3. The lowest BCUT2D eigenvalue weighted by atomic mass is 10.1. The van der Waals surface area contributed by atoms with Crippen LogP contribution in [0.4, 0.5) is 22.2 Å². The standard InChI is InChI=1S/C34H41N11O8S/c1-42-16-26(47)45(34(42)51)25-14-24(28(48)29(25)49)44-18-36-27-30(37-22(17-46)12-19-6-3-2-4-7-19)40-32(41-31(27)44)43-11-10-21(15-43)39-33(50)38-20-8-5-9-23(13-20)54(35,52)53/h2-9,13,16,18,21-22,24-25,28-29,46-49H,10-12,14-15,17H2,1H3,(H2,35,52,53)(H,37,40,41)(H2,38,39,50)/t21-,22+,24-,25+,28+,29-/m1/s1. The smallest absolute Gasteiger partial charge is 0.331 e. The third-order valence-electron chi connectivity index (χ3n) is 9.90. The van der Waals surface area contributed by atoms with Crippen molar-refractivity contribution >= 4 is 44.7 Å². The fraction of sp³-hybridized carbons (Fsp3) is 0.382. The van der Waals surface area contributed by atoms with E-state index in [0.29, 0.717) is 42.9 Å². The fourth-order valence-corrected chi connectivity index (χ4v) is 7.75. The van der Waals surface area contributed by atoms with Crippen LogP contribution >= 0.6 is 0 Å². The minimum Gasteiger partial charge on any atom is -0.493 e. The van der Waals surface area contributed by atoms with Gasteiger partial charge in [0.05, 0.1) is 42.2 Å². The van der Waals surface area contributed by atoms with Gasteiger partial charge in [-0.05, 0) is 43.0 Å². The fourth-order valence-electron chi connectivity index (χ4n) is 7.19. The van der Waals surface area contributed by atoms with Crippen molar-refractivity contribution in [3.63, 3.8) is 0 Å². The number of imidazole rings is 2. The molecule has 1 saturated carbocycles. The Bertz CT molecular complexity index is 2330. The van der Waals surface area contributed by atoms with Gasteiger partial charge in [0.15, 0.2) is 17.0 Å². The number of hydrogen-bond donors (Lipinski definition) is 8. The van der Waals surface area contributed by atoms with Gasteiger partial charge < -0.3 is 45.8 Å². The van der Waals surface area contributed by atoms with E-state index in [1.54, 1.807) is 4.57 Å². The van der Waals surface area contributed by atoms with Crippen molar-refractivity contribution in [2.45, 2.75) is 60.5 Å². The van der Waals surface area contributed by atoms with Gasteiger partial charge in [-0.1, -0.05) is 36.4 Å². The molecular weight excluding hydrogens is 723 g/mol. The highest BCUT2D eigenvalue weighted by atomic mass is 32.2. The maximum Gasteiger partial charge on any atom is 0.331 e. The van der Waals surface area contributed by atoms with Crippen LogP contribution in [0.1, 0.15) is 30.5 Å². The summed E-state index contributed by atoms with van der Waals surface area (Å²) in [6.45, 7) is 0.521. The van der Waals surface area contributed by atoms with Crippen molar-refractivity contribution in [2.24, 2.45) is 12.2 Å². The van der Waals surface area contributed by atoms with Crippen LogP contribution in [0.3, 0.4) is 0 Å². The molecule has 0 radical (unpaired) electrons. The van der Waals surface area contributed by atoms with Gasteiger partial charge >= 0.3 is 11.7 Å². The van der Waals surface area contributed by atoms with Gasteiger partial charge in [0, 0.05) is 31.9 Å². The first-order valence-electron chi connectivity index (χ1n) is 17.2. The molecule has 54 heavy (non-hydrogen) atoms. The van der Waals surface area contributed by atoms with Crippen LogP contribution in [0.25, 0.3) is 11.2 Å². The third kappa shape index (κ3) is 7.33. The van der Waals surface area contributed by atoms with E-state index in [1.807, 2.05) is 35.2 Å². The number of amides is 2. The molecule has 20 heteroatoms. The first-order valence-corrected chi connectivity index (χ1v) is 18.8. The Balaban J connectivity index is 1.17. The van der Waals surface area contributed by atoms with Gasteiger partial charge in [0.25, 0.3) is 0 Å². The van der Waals surface area contributed by atoms with Crippen molar-refractivity contribution in [1.82, 2.24) is 34.0 Å². The molecule has 7 rings (SSSR count). The summed E-state index contributed by atoms with van der Waals surface area (Å²) in [5, 5.41) is 57.3. The number of hydrogen-bond acceptors (Lipinski definition) is 13. The van der Waals surface area contributed by atoms with Gasteiger partial charge in [0.2, 0.25) is 21.9 Å². The number of urea groups is 1. The first kappa shape index (κ1) is 36.8. The number of aryl methyl sites for hydroxylation is 1. The Morgan fingerprint density at radius 1 is 1.07 bits per heavy atom. The van der Waals surface area contributed by atoms with E-state index in [2.05, 4.69) is 20.9 Å². The molecule has 2 aromatic carbocycles. The molecule has 0 bridgehead atoms. The molecule has 286 valence electrons. The van der Waals surface area contributed by atoms with E-state index in [1.165, 1.54) is 48.4 Å². The minimum absolute atomic E-state index is 0.0611. The minimum atomic E-state index is -3.96. The van der Waals surface area contributed by atoms with Gasteiger partial charge in [-0.3, -0.25) is 9.13 Å². The summed E-state index contributed by atoms with van der Waals surface area (Å²) in [6.07, 6.45) is 0.993. The molecule has 9 N–H and O–H groups in total. The van der Waals surface area contributed by atoms with Crippen LogP contribution in [0.2, 0.25) is 0 Å². The molecular formula is C34H41N11O8S. The monoisotopic (exact) mass is 763 g/mol. The number of nitrogens with two attached hydrogens (primary N) is 1. The highest BCUT2D eigenvalue weighted by Crippen LogP contribution is 2.41. The molecule has 2 amide bonds. The topological polar surface area (TPSA) is 268 Å². The first-order chi connectivity index (χ1) is 25.8. The molecule has 3 aromatic heterocycles. The summed E-state index contributed by atoms with van der Waals surface area (Å²) in [5.74, 6) is 0.242. The Labute approximate surface area is 308 Å². The second-order valence-corrected chi connectivity index (χ2v) is 15.2. The summed E-state index contributed by atoms with van der Waals surface area (Å²) in [4.78, 5) is 41.7.